The van der Waals surface area contributed by atoms with Crippen LogP contribution in [0.3, 0.4) is 0 Å². The van der Waals surface area contributed by atoms with Crippen LogP contribution in [0.5, 0.6) is 0 Å². The highest BCUT2D eigenvalue weighted by molar-refractivity contribution is 7.89. The molecule has 12 nitrogen and oxygen atoms in total. The Morgan fingerprint density at radius 1 is 1.04 bits per heavy atom. The lowest BCUT2D eigenvalue weighted by molar-refractivity contribution is -0.128. The molecule has 4 atom stereocenters. The molecule has 2 heterocycles. The Bertz CT molecular complexity index is 1700. The maximum Gasteiger partial charge on any atom is 0.321 e. The molecule has 4 rings (SSSR count). The Morgan fingerprint density at radius 2 is 1.74 bits per heavy atom. The number of nitrogens with one attached hydrogen (secondary N) is 1. The van der Waals surface area contributed by atoms with Crippen LogP contribution >= 0.6 is 0 Å². The molecular weight excluding hydrogens is 657 g/mol. The molecule has 2 unspecified atom stereocenters. The average Bonchev–Trinajstić information content (AvgIpc) is 3.44. The maximum absolute atomic E-state index is 14.3. The van der Waals surface area contributed by atoms with Crippen molar-refractivity contribution in [2.75, 3.05) is 26.2 Å². The SMILES string of the molecule is CCC(C)C(C(=O)N[C@@H](Cc1ccccc1)[C@H](O)CN(CC(C)C)S(=O)(=O)c1ccc(/C=N/O)cc1)N1CCN(Cc2cccnc2C)C1=O. The summed E-state index contributed by atoms with van der Waals surface area (Å²) in [7, 11) is -4.06. The molecule has 2 aromatic carbocycles. The fourth-order valence-electron chi connectivity index (χ4n) is 6.20. The van der Waals surface area contributed by atoms with E-state index in [0.717, 1.165) is 16.8 Å². The van der Waals surface area contributed by atoms with E-state index in [0.29, 0.717) is 31.6 Å². The quantitative estimate of drug-likeness (QED) is 0.108. The van der Waals surface area contributed by atoms with Gasteiger partial charge in [-0.2, -0.15) is 4.31 Å². The lowest BCUT2D eigenvalue weighted by Crippen LogP contribution is -2.57. The number of aryl methyl sites for hydroxylation is 1. The fraction of sp³-hybridized carbons (Fsp3) is 0.459. The first kappa shape index (κ1) is 38.5. The number of pyridine rings is 1. The highest BCUT2D eigenvalue weighted by Gasteiger charge is 2.41. The second-order valence-electron chi connectivity index (χ2n) is 13.4. The number of aromatic nitrogens is 1. The van der Waals surface area contributed by atoms with Crippen molar-refractivity contribution in [3.8, 4) is 0 Å². The molecule has 0 radical (unpaired) electrons. The maximum atomic E-state index is 14.3. The molecule has 3 N–H and O–H groups in total. The molecule has 50 heavy (non-hydrogen) atoms. The summed E-state index contributed by atoms with van der Waals surface area (Å²) in [4.78, 5) is 35.7. The first-order chi connectivity index (χ1) is 23.8. The van der Waals surface area contributed by atoms with Gasteiger partial charge in [-0.3, -0.25) is 9.78 Å². The van der Waals surface area contributed by atoms with Crippen LogP contribution in [0.25, 0.3) is 0 Å². The Kier molecular flexibility index (Phi) is 13.5. The zero-order valence-electron chi connectivity index (χ0n) is 29.5. The van der Waals surface area contributed by atoms with Crippen molar-refractivity contribution in [2.45, 2.75) is 77.1 Å². The van der Waals surface area contributed by atoms with Crippen LogP contribution in [-0.4, -0.2) is 100 Å². The van der Waals surface area contributed by atoms with Gasteiger partial charge in [0.25, 0.3) is 0 Å². The molecule has 1 saturated heterocycles. The Labute approximate surface area is 295 Å². The first-order valence-electron chi connectivity index (χ1n) is 17.1. The number of rotatable bonds is 17. The monoisotopic (exact) mass is 706 g/mol. The van der Waals surface area contributed by atoms with E-state index >= 15 is 0 Å². The normalized spacial score (nSPS) is 16.3. The van der Waals surface area contributed by atoms with E-state index in [4.69, 9.17) is 5.21 Å². The summed E-state index contributed by atoms with van der Waals surface area (Å²) in [5.41, 5.74) is 3.16. The number of benzene rings is 2. The molecule has 0 bridgehead atoms. The van der Waals surface area contributed by atoms with Crippen LogP contribution in [0.15, 0.2) is 83.0 Å². The number of oxime groups is 1. The van der Waals surface area contributed by atoms with Gasteiger partial charge < -0.3 is 25.4 Å². The predicted octanol–water partition coefficient (Wildman–Crippen LogP) is 4.29. The molecule has 1 fully saturated rings. The summed E-state index contributed by atoms with van der Waals surface area (Å²) in [5, 5.41) is 26.7. The van der Waals surface area contributed by atoms with Gasteiger partial charge in [-0.15, -0.1) is 0 Å². The summed E-state index contributed by atoms with van der Waals surface area (Å²) in [6.45, 7) is 10.7. The average molecular weight is 707 g/mol. The van der Waals surface area contributed by atoms with Crippen molar-refractivity contribution in [1.82, 2.24) is 24.4 Å². The molecule has 0 spiro atoms. The number of hydrogen-bond donors (Lipinski definition) is 3. The number of sulfonamides is 1. The van der Waals surface area contributed by atoms with Gasteiger partial charge in [-0.25, -0.2) is 13.2 Å². The van der Waals surface area contributed by atoms with Gasteiger partial charge in [-0.05, 0) is 60.1 Å². The second kappa shape index (κ2) is 17.6. The molecule has 270 valence electrons. The summed E-state index contributed by atoms with van der Waals surface area (Å²) in [5.74, 6) is -0.647. The van der Waals surface area contributed by atoms with Crippen molar-refractivity contribution < 1.29 is 28.3 Å². The van der Waals surface area contributed by atoms with E-state index in [2.05, 4.69) is 15.5 Å². The van der Waals surface area contributed by atoms with E-state index in [1.54, 1.807) is 16.0 Å². The lowest BCUT2D eigenvalue weighted by atomic mass is 9.95. The number of carbonyl (C=O) groups is 2. The highest BCUT2D eigenvalue weighted by atomic mass is 32.2. The van der Waals surface area contributed by atoms with Crippen molar-refractivity contribution in [1.29, 1.82) is 0 Å². The molecule has 0 saturated carbocycles. The minimum absolute atomic E-state index is 0.0273. The lowest BCUT2D eigenvalue weighted by Gasteiger charge is -2.35. The number of hydrogen-bond acceptors (Lipinski definition) is 8. The number of aliphatic hydroxyl groups excluding tert-OH is 1. The first-order valence-corrected chi connectivity index (χ1v) is 18.6. The van der Waals surface area contributed by atoms with Gasteiger partial charge in [0.1, 0.15) is 6.04 Å². The third kappa shape index (κ3) is 9.67. The van der Waals surface area contributed by atoms with Gasteiger partial charge in [-0.1, -0.05) is 87.8 Å². The zero-order chi connectivity index (χ0) is 36.4. The van der Waals surface area contributed by atoms with Crippen LogP contribution < -0.4 is 5.32 Å². The zero-order valence-corrected chi connectivity index (χ0v) is 30.3. The summed E-state index contributed by atoms with van der Waals surface area (Å²) >= 11 is 0. The Hall–Kier alpha value is -4.33. The third-order valence-corrected chi connectivity index (χ3v) is 11.0. The van der Waals surface area contributed by atoms with Gasteiger partial charge in [0.2, 0.25) is 15.9 Å². The van der Waals surface area contributed by atoms with Gasteiger partial charge in [0.15, 0.2) is 0 Å². The number of carbonyl (C=O) groups excluding carboxylic acids is 2. The van der Waals surface area contributed by atoms with Gasteiger partial charge >= 0.3 is 6.03 Å². The predicted molar refractivity (Wildman–Crippen MR) is 192 cm³/mol. The molecule has 3 aromatic rings. The van der Waals surface area contributed by atoms with E-state index in [1.807, 2.05) is 77.1 Å². The molecule has 1 aromatic heterocycles. The minimum Gasteiger partial charge on any atom is -0.411 e. The minimum atomic E-state index is -4.06. The fourth-order valence-corrected chi connectivity index (χ4v) is 7.82. The van der Waals surface area contributed by atoms with Crippen LogP contribution in [0.2, 0.25) is 0 Å². The van der Waals surface area contributed by atoms with E-state index < -0.39 is 34.1 Å². The molecule has 13 heteroatoms. The second-order valence-corrected chi connectivity index (χ2v) is 15.3. The largest absolute Gasteiger partial charge is 0.411 e. The summed E-state index contributed by atoms with van der Waals surface area (Å²) in [6.07, 6.45) is 2.51. The van der Waals surface area contributed by atoms with Crippen molar-refractivity contribution in [2.24, 2.45) is 17.0 Å². The molecule has 1 aliphatic heterocycles. The van der Waals surface area contributed by atoms with Crippen LogP contribution in [0, 0.1) is 18.8 Å². The summed E-state index contributed by atoms with van der Waals surface area (Å²) < 4.78 is 29.0. The Balaban J connectivity index is 1.59. The number of urea groups is 1. The molecule has 0 aliphatic carbocycles. The summed E-state index contributed by atoms with van der Waals surface area (Å²) in [6, 6.07) is 17.2. The third-order valence-electron chi connectivity index (χ3n) is 9.17. The Morgan fingerprint density at radius 3 is 2.36 bits per heavy atom. The van der Waals surface area contributed by atoms with E-state index in [9.17, 15) is 23.1 Å². The van der Waals surface area contributed by atoms with Crippen molar-refractivity contribution in [3.05, 3.63) is 95.3 Å². The molecule has 3 amide bonds. The van der Waals surface area contributed by atoms with E-state index in [1.165, 1.54) is 34.8 Å². The smallest absolute Gasteiger partial charge is 0.321 e. The number of aliphatic hydroxyl groups is 1. The van der Waals surface area contributed by atoms with Gasteiger partial charge in [0, 0.05) is 44.6 Å². The van der Waals surface area contributed by atoms with Gasteiger partial charge in [0.05, 0.1) is 23.3 Å². The van der Waals surface area contributed by atoms with Crippen LogP contribution in [0.4, 0.5) is 4.79 Å². The van der Waals surface area contributed by atoms with Crippen molar-refractivity contribution in [3.63, 3.8) is 0 Å². The van der Waals surface area contributed by atoms with Crippen LogP contribution in [-0.2, 0) is 27.8 Å². The molecular formula is C37H50N6O6S. The number of amides is 3. The topological polar surface area (TPSA) is 156 Å². The van der Waals surface area contributed by atoms with Crippen molar-refractivity contribution >= 4 is 28.2 Å². The van der Waals surface area contributed by atoms with Crippen LogP contribution in [0.1, 0.15) is 56.5 Å². The standard InChI is InChI=1S/C37H50N6O6S/c1-6-27(4)35(43-20-19-41(37(43)46)24-31-13-10-18-38-28(31)5)36(45)40-33(21-29-11-8-7-9-12-29)34(44)25-42(23-26(2)3)50(48,49)32-16-14-30(15-17-32)22-39-47/h7-18,22,26-27,33-35,44,47H,6,19-21,23-25H2,1-5H3,(H,40,45)/b39-22+/t27?,33-,34+,35?/m0/s1. The number of nitrogens with zero attached hydrogens (tertiary/aromatic N) is 5. The molecule has 1 aliphatic rings. The van der Waals surface area contributed by atoms with E-state index in [-0.39, 0.29) is 42.3 Å². The highest BCUT2D eigenvalue weighted by Crippen LogP contribution is 2.24.